The number of nitrogens with one attached hydrogen (secondary N) is 1. The first-order chi connectivity index (χ1) is 13.1. The van der Waals surface area contributed by atoms with E-state index < -0.39 is 5.97 Å². The van der Waals surface area contributed by atoms with Crippen molar-refractivity contribution in [3.8, 4) is 11.1 Å². The number of esters is 1. The second kappa shape index (κ2) is 9.12. The molecule has 0 spiro atoms. The normalized spacial score (nSPS) is 14.7. The maximum absolute atomic E-state index is 12.7. The van der Waals surface area contributed by atoms with Crippen LogP contribution in [0.5, 0.6) is 0 Å². The predicted molar refractivity (Wildman–Crippen MR) is 106 cm³/mol. The van der Waals surface area contributed by atoms with Gasteiger partial charge in [-0.25, -0.2) is 4.79 Å². The van der Waals surface area contributed by atoms with Crippen molar-refractivity contribution in [3.05, 3.63) is 40.8 Å². The fourth-order valence-corrected chi connectivity index (χ4v) is 4.19. The summed E-state index contributed by atoms with van der Waals surface area (Å²) in [5.74, 6) is -0.550. The van der Waals surface area contributed by atoms with E-state index in [-0.39, 0.29) is 19.1 Å². The van der Waals surface area contributed by atoms with E-state index in [9.17, 15) is 9.59 Å². The molecule has 0 atom stereocenters. The van der Waals surface area contributed by atoms with Gasteiger partial charge in [0.2, 0.25) is 5.91 Å². The zero-order valence-corrected chi connectivity index (χ0v) is 16.4. The summed E-state index contributed by atoms with van der Waals surface area (Å²) in [6.07, 6.45) is 0. The van der Waals surface area contributed by atoms with E-state index in [0.29, 0.717) is 23.8 Å². The lowest BCUT2D eigenvalue weighted by Gasteiger charge is -2.25. The lowest BCUT2D eigenvalue weighted by molar-refractivity contribution is -0.118. The molecule has 7 heteroatoms. The number of hydrogen-bond acceptors (Lipinski definition) is 6. The van der Waals surface area contributed by atoms with Gasteiger partial charge in [-0.2, -0.15) is 0 Å². The van der Waals surface area contributed by atoms with E-state index in [1.165, 1.54) is 11.3 Å². The second-order valence-electron chi connectivity index (χ2n) is 6.26. The zero-order valence-electron chi connectivity index (χ0n) is 15.6. The summed E-state index contributed by atoms with van der Waals surface area (Å²) in [5, 5.41) is 3.47. The fourth-order valence-electron chi connectivity index (χ4n) is 3.11. The molecule has 0 unspecified atom stereocenters. The van der Waals surface area contributed by atoms with Crippen molar-refractivity contribution in [2.75, 3.05) is 44.8 Å². The van der Waals surface area contributed by atoms with Crippen LogP contribution in [0.3, 0.4) is 0 Å². The summed E-state index contributed by atoms with van der Waals surface area (Å²) in [4.78, 5) is 28.2. The number of benzene rings is 1. The van der Waals surface area contributed by atoms with Gasteiger partial charge >= 0.3 is 5.97 Å². The van der Waals surface area contributed by atoms with Gasteiger partial charge in [0.25, 0.3) is 0 Å². The number of hydrogen-bond donors (Lipinski definition) is 1. The van der Waals surface area contributed by atoms with E-state index in [1.54, 1.807) is 6.92 Å². The summed E-state index contributed by atoms with van der Waals surface area (Å²) in [7, 11) is 0. The molecule has 0 radical (unpaired) electrons. The molecule has 1 aromatic carbocycles. The van der Waals surface area contributed by atoms with Gasteiger partial charge in [-0.05, 0) is 19.4 Å². The Hall–Kier alpha value is -2.22. The Balaban J connectivity index is 1.87. The van der Waals surface area contributed by atoms with Crippen LogP contribution in [0.1, 0.15) is 22.2 Å². The van der Waals surface area contributed by atoms with Crippen molar-refractivity contribution >= 4 is 28.2 Å². The molecule has 0 bridgehead atoms. The van der Waals surface area contributed by atoms with Crippen LogP contribution < -0.4 is 5.32 Å². The summed E-state index contributed by atoms with van der Waals surface area (Å²) >= 11 is 1.40. The molecular weight excluding hydrogens is 364 g/mol. The van der Waals surface area contributed by atoms with Crippen molar-refractivity contribution in [1.82, 2.24) is 4.90 Å². The van der Waals surface area contributed by atoms with Gasteiger partial charge in [0.1, 0.15) is 10.6 Å². The van der Waals surface area contributed by atoms with E-state index in [4.69, 9.17) is 9.47 Å². The molecule has 1 aromatic heterocycles. The van der Waals surface area contributed by atoms with Gasteiger partial charge in [0.05, 0.1) is 26.4 Å². The monoisotopic (exact) mass is 388 g/mol. The van der Waals surface area contributed by atoms with Crippen LogP contribution in [-0.4, -0.2) is 56.2 Å². The molecule has 1 aliphatic heterocycles. The maximum Gasteiger partial charge on any atom is 0.341 e. The van der Waals surface area contributed by atoms with Crippen molar-refractivity contribution in [3.63, 3.8) is 0 Å². The molecule has 2 aromatic rings. The first-order valence-corrected chi connectivity index (χ1v) is 9.87. The highest BCUT2D eigenvalue weighted by molar-refractivity contribution is 7.17. The molecule has 1 fully saturated rings. The third-order valence-corrected chi connectivity index (χ3v) is 5.37. The van der Waals surface area contributed by atoms with Crippen LogP contribution in [0, 0.1) is 6.92 Å². The topological polar surface area (TPSA) is 67.9 Å². The fraction of sp³-hybridized carbons (Fsp3) is 0.400. The Kier molecular flexibility index (Phi) is 6.60. The number of anilines is 1. The molecule has 3 rings (SSSR count). The number of morpholine rings is 1. The van der Waals surface area contributed by atoms with Gasteiger partial charge in [0, 0.05) is 23.5 Å². The zero-order chi connectivity index (χ0) is 19.2. The van der Waals surface area contributed by atoms with Crippen molar-refractivity contribution in [1.29, 1.82) is 0 Å². The largest absolute Gasteiger partial charge is 0.462 e. The highest BCUT2D eigenvalue weighted by Crippen LogP contribution is 2.40. The predicted octanol–water partition coefficient (Wildman–Crippen LogP) is 3.17. The highest BCUT2D eigenvalue weighted by Gasteiger charge is 2.26. The number of carbonyl (C=O) groups is 2. The summed E-state index contributed by atoms with van der Waals surface area (Å²) in [6, 6.07) is 9.70. The average Bonchev–Trinajstić information content (AvgIpc) is 2.99. The standard InChI is InChI=1S/C20H24N2O4S/c1-3-26-20(24)18-17(15-7-5-4-6-8-15)14(2)27-19(18)21-16(23)13-22-9-11-25-12-10-22/h4-8H,3,9-13H2,1-2H3,(H,21,23). The number of rotatable bonds is 6. The molecule has 0 aliphatic carbocycles. The first kappa shape index (κ1) is 19.5. The second-order valence-corrected chi connectivity index (χ2v) is 7.49. The highest BCUT2D eigenvalue weighted by atomic mass is 32.1. The van der Waals surface area contributed by atoms with Gasteiger partial charge in [-0.1, -0.05) is 30.3 Å². The third kappa shape index (κ3) is 4.74. The average molecular weight is 388 g/mol. The Morgan fingerprint density at radius 1 is 1.22 bits per heavy atom. The molecule has 1 saturated heterocycles. The number of nitrogens with zero attached hydrogens (tertiary/aromatic N) is 1. The lowest BCUT2D eigenvalue weighted by Crippen LogP contribution is -2.41. The van der Waals surface area contributed by atoms with Gasteiger partial charge in [-0.3, -0.25) is 9.69 Å². The minimum absolute atomic E-state index is 0.136. The number of ether oxygens (including phenoxy) is 2. The van der Waals surface area contributed by atoms with Crippen LogP contribution >= 0.6 is 11.3 Å². The molecule has 6 nitrogen and oxygen atoms in total. The Bertz CT molecular complexity index is 798. The maximum atomic E-state index is 12.7. The summed E-state index contributed by atoms with van der Waals surface area (Å²) in [6.45, 7) is 7.03. The minimum atomic E-state index is -0.414. The molecule has 2 heterocycles. The Morgan fingerprint density at radius 3 is 2.59 bits per heavy atom. The third-order valence-electron chi connectivity index (χ3n) is 4.35. The Morgan fingerprint density at radius 2 is 1.93 bits per heavy atom. The van der Waals surface area contributed by atoms with Crippen LogP contribution in [-0.2, 0) is 14.3 Å². The first-order valence-electron chi connectivity index (χ1n) is 9.06. The van der Waals surface area contributed by atoms with Gasteiger partial charge < -0.3 is 14.8 Å². The summed E-state index contributed by atoms with van der Waals surface area (Å²) < 4.78 is 10.6. The van der Waals surface area contributed by atoms with Crippen LogP contribution in [0.15, 0.2) is 30.3 Å². The van der Waals surface area contributed by atoms with Gasteiger partial charge in [0.15, 0.2) is 0 Å². The summed E-state index contributed by atoms with van der Waals surface area (Å²) in [5.41, 5.74) is 2.18. The van der Waals surface area contributed by atoms with Crippen LogP contribution in [0.2, 0.25) is 0 Å². The van der Waals surface area contributed by atoms with Gasteiger partial charge in [-0.15, -0.1) is 11.3 Å². The van der Waals surface area contributed by atoms with Crippen LogP contribution in [0.25, 0.3) is 11.1 Å². The SMILES string of the molecule is CCOC(=O)c1c(NC(=O)CN2CCOCC2)sc(C)c1-c1ccccc1. The Labute approximate surface area is 163 Å². The van der Waals surface area contributed by atoms with E-state index in [2.05, 4.69) is 5.32 Å². The van der Waals surface area contributed by atoms with E-state index >= 15 is 0 Å². The number of aryl methyl sites for hydroxylation is 1. The van der Waals surface area contributed by atoms with Crippen molar-refractivity contribution < 1.29 is 19.1 Å². The number of thiophene rings is 1. The van der Waals surface area contributed by atoms with E-state index in [1.807, 2.05) is 42.2 Å². The molecular formula is C20H24N2O4S. The van der Waals surface area contributed by atoms with Crippen molar-refractivity contribution in [2.45, 2.75) is 13.8 Å². The molecule has 144 valence electrons. The molecule has 1 amide bonds. The quantitative estimate of drug-likeness (QED) is 0.770. The molecule has 1 N–H and O–H groups in total. The molecule has 1 aliphatic rings. The minimum Gasteiger partial charge on any atom is -0.462 e. The van der Waals surface area contributed by atoms with Crippen molar-refractivity contribution in [2.24, 2.45) is 0 Å². The molecule has 27 heavy (non-hydrogen) atoms. The lowest BCUT2D eigenvalue weighted by atomic mass is 10.0. The number of amides is 1. The molecule has 0 saturated carbocycles. The van der Waals surface area contributed by atoms with Crippen LogP contribution in [0.4, 0.5) is 5.00 Å². The van der Waals surface area contributed by atoms with E-state index in [0.717, 1.165) is 29.1 Å². The smallest absolute Gasteiger partial charge is 0.341 e. The number of carbonyl (C=O) groups excluding carboxylic acids is 2.